The first kappa shape index (κ1) is 8.45. The summed E-state index contributed by atoms with van der Waals surface area (Å²) in [5, 5.41) is 0.520. The lowest BCUT2D eigenvalue weighted by atomic mass is 9.85. The number of hydrogen-bond acceptors (Lipinski definition) is 2. The zero-order valence-electron chi connectivity index (χ0n) is 6.43. The minimum Gasteiger partial charge on any atom is -0.240 e. The maximum absolute atomic E-state index is 5.84. The number of hydrogen-bond donors (Lipinski definition) is 0. The van der Waals surface area contributed by atoms with E-state index in [1.807, 2.05) is 0 Å². The van der Waals surface area contributed by atoms with E-state index in [4.69, 9.17) is 11.6 Å². The summed E-state index contributed by atoms with van der Waals surface area (Å²) in [4.78, 5) is 8.42. The molecule has 0 unspecified atom stereocenters. The molecule has 1 aromatic heterocycles. The first-order valence-electron chi connectivity index (χ1n) is 3.95. The molecule has 1 aromatic rings. The number of aromatic nitrogens is 2. The van der Waals surface area contributed by atoms with Crippen molar-refractivity contribution in [2.24, 2.45) is 0 Å². The summed E-state index contributed by atoms with van der Waals surface area (Å²) in [6.07, 6.45) is 5.43. The van der Waals surface area contributed by atoms with Crippen molar-refractivity contribution in [3.05, 3.63) is 21.6 Å². The lowest BCUT2D eigenvalue weighted by Crippen LogP contribution is -2.12. The van der Waals surface area contributed by atoms with Crippen molar-refractivity contribution in [3.8, 4) is 0 Å². The van der Waals surface area contributed by atoms with Crippen LogP contribution in [0.2, 0.25) is 5.15 Å². The minimum atomic E-state index is 0.520. The van der Waals surface area contributed by atoms with E-state index in [9.17, 15) is 0 Å². The second-order valence-electron chi connectivity index (χ2n) is 2.99. The zero-order chi connectivity index (χ0) is 8.55. The topological polar surface area (TPSA) is 25.8 Å². The lowest BCUT2D eigenvalue weighted by Gasteiger charge is -2.23. The first-order chi connectivity index (χ1) is 5.77. The van der Waals surface area contributed by atoms with Crippen LogP contribution in [0.3, 0.4) is 0 Å². The van der Waals surface area contributed by atoms with E-state index >= 15 is 0 Å². The van der Waals surface area contributed by atoms with E-state index in [2.05, 4.69) is 25.9 Å². The molecule has 0 saturated heterocycles. The monoisotopic (exact) mass is 246 g/mol. The van der Waals surface area contributed by atoms with Crippen LogP contribution in [0.5, 0.6) is 0 Å². The Morgan fingerprint density at radius 3 is 2.75 bits per heavy atom. The van der Waals surface area contributed by atoms with Gasteiger partial charge in [0, 0.05) is 12.1 Å². The Labute approximate surface area is 84.5 Å². The molecule has 12 heavy (non-hydrogen) atoms. The molecule has 1 aliphatic carbocycles. The van der Waals surface area contributed by atoms with Gasteiger partial charge in [-0.25, -0.2) is 9.97 Å². The maximum Gasteiger partial charge on any atom is 0.146 e. The molecule has 1 heterocycles. The number of halogens is 2. The molecule has 1 fully saturated rings. The van der Waals surface area contributed by atoms with Gasteiger partial charge in [-0.15, -0.1) is 0 Å². The number of nitrogens with zero attached hydrogens (tertiary/aromatic N) is 2. The summed E-state index contributed by atoms with van der Waals surface area (Å²) in [5.74, 6) is 1.45. The normalized spacial score (nSPS) is 17.5. The minimum absolute atomic E-state index is 0.520. The molecule has 0 spiro atoms. The van der Waals surface area contributed by atoms with Crippen LogP contribution in [0.15, 0.2) is 10.7 Å². The van der Waals surface area contributed by atoms with Crippen molar-refractivity contribution in [2.45, 2.75) is 25.2 Å². The molecule has 0 amide bonds. The summed E-state index contributed by atoms with van der Waals surface area (Å²) >= 11 is 9.10. The third-order valence-corrected chi connectivity index (χ3v) is 3.29. The first-order valence-corrected chi connectivity index (χ1v) is 5.12. The van der Waals surface area contributed by atoms with Gasteiger partial charge in [0.2, 0.25) is 0 Å². The fraction of sp³-hybridized carbons (Fsp3) is 0.500. The van der Waals surface area contributed by atoms with Crippen LogP contribution < -0.4 is 0 Å². The van der Waals surface area contributed by atoms with Crippen molar-refractivity contribution in [1.82, 2.24) is 9.97 Å². The Balaban J connectivity index is 2.27. The lowest BCUT2D eigenvalue weighted by molar-refractivity contribution is 0.401. The Morgan fingerprint density at radius 1 is 1.50 bits per heavy atom. The van der Waals surface area contributed by atoms with Crippen molar-refractivity contribution < 1.29 is 0 Å². The largest absolute Gasteiger partial charge is 0.240 e. The van der Waals surface area contributed by atoms with Gasteiger partial charge in [0.25, 0.3) is 0 Å². The highest BCUT2D eigenvalue weighted by molar-refractivity contribution is 9.10. The molecular weight excluding hydrogens is 239 g/mol. The van der Waals surface area contributed by atoms with Crippen LogP contribution in [0.1, 0.15) is 31.0 Å². The van der Waals surface area contributed by atoms with Crippen LogP contribution in [-0.2, 0) is 0 Å². The van der Waals surface area contributed by atoms with Crippen molar-refractivity contribution >= 4 is 27.5 Å². The second kappa shape index (κ2) is 3.30. The summed E-state index contributed by atoms with van der Waals surface area (Å²) in [6, 6.07) is 0. The van der Waals surface area contributed by atoms with E-state index < -0.39 is 0 Å². The fourth-order valence-electron chi connectivity index (χ4n) is 1.22. The quantitative estimate of drug-likeness (QED) is 0.713. The molecule has 0 aromatic carbocycles. The molecule has 4 heteroatoms. The van der Waals surface area contributed by atoms with Gasteiger partial charge in [0.15, 0.2) is 0 Å². The van der Waals surface area contributed by atoms with E-state index in [1.54, 1.807) is 6.20 Å². The van der Waals surface area contributed by atoms with Gasteiger partial charge in [-0.3, -0.25) is 0 Å². The molecular formula is C8H8BrClN2. The maximum atomic E-state index is 5.84. The molecule has 0 N–H and O–H groups in total. The van der Waals surface area contributed by atoms with Crippen molar-refractivity contribution in [2.75, 3.05) is 0 Å². The van der Waals surface area contributed by atoms with Crippen molar-refractivity contribution in [3.63, 3.8) is 0 Å². The summed E-state index contributed by atoms with van der Waals surface area (Å²) in [5.41, 5.74) is 0. The smallest absolute Gasteiger partial charge is 0.146 e. The molecule has 0 aliphatic heterocycles. The van der Waals surface area contributed by atoms with E-state index in [-0.39, 0.29) is 0 Å². The summed E-state index contributed by atoms with van der Waals surface area (Å²) in [7, 11) is 0. The molecule has 0 radical (unpaired) electrons. The molecule has 1 saturated carbocycles. The third kappa shape index (κ3) is 1.48. The van der Waals surface area contributed by atoms with E-state index in [1.165, 1.54) is 19.3 Å². The van der Waals surface area contributed by atoms with Crippen LogP contribution >= 0.6 is 27.5 Å². The third-order valence-electron chi connectivity index (χ3n) is 2.19. The van der Waals surface area contributed by atoms with Crippen LogP contribution in [0, 0.1) is 0 Å². The summed E-state index contributed by atoms with van der Waals surface area (Å²) in [6.45, 7) is 0. The standard InChI is InChI=1S/C8H8BrClN2/c9-6-4-11-8(12-7(6)10)5-2-1-3-5/h4-5H,1-3H2. The van der Waals surface area contributed by atoms with Gasteiger partial charge >= 0.3 is 0 Å². The molecule has 0 atom stereocenters. The average molecular weight is 248 g/mol. The summed E-state index contributed by atoms with van der Waals surface area (Å²) < 4.78 is 0.771. The van der Waals surface area contributed by atoms with Gasteiger partial charge in [-0.05, 0) is 28.8 Å². The zero-order valence-corrected chi connectivity index (χ0v) is 8.77. The predicted octanol–water partition coefficient (Wildman–Crippen LogP) is 3.16. The van der Waals surface area contributed by atoms with Crippen LogP contribution in [0.25, 0.3) is 0 Å². The van der Waals surface area contributed by atoms with Crippen molar-refractivity contribution in [1.29, 1.82) is 0 Å². The van der Waals surface area contributed by atoms with Crippen LogP contribution in [-0.4, -0.2) is 9.97 Å². The predicted molar refractivity (Wildman–Crippen MR) is 51.3 cm³/mol. The van der Waals surface area contributed by atoms with E-state index in [0.717, 1.165) is 10.3 Å². The van der Waals surface area contributed by atoms with Crippen LogP contribution in [0.4, 0.5) is 0 Å². The SMILES string of the molecule is Clc1nc(C2CCC2)ncc1Br. The van der Waals surface area contributed by atoms with Gasteiger partial charge in [0.1, 0.15) is 11.0 Å². The van der Waals surface area contributed by atoms with E-state index in [0.29, 0.717) is 11.1 Å². The highest BCUT2D eigenvalue weighted by Gasteiger charge is 2.22. The Morgan fingerprint density at radius 2 is 2.25 bits per heavy atom. The average Bonchev–Trinajstić information content (AvgIpc) is 1.93. The van der Waals surface area contributed by atoms with Gasteiger partial charge < -0.3 is 0 Å². The molecule has 0 bridgehead atoms. The highest BCUT2D eigenvalue weighted by Crippen LogP contribution is 2.35. The van der Waals surface area contributed by atoms with Gasteiger partial charge in [-0.2, -0.15) is 0 Å². The van der Waals surface area contributed by atoms with Gasteiger partial charge in [0.05, 0.1) is 4.47 Å². The molecule has 64 valence electrons. The Hall–Kier alpha value is -0.150. The second-order valence-corrected chi connectivity index (χ2v) is 4.21. The van der Waals surface area contributed by atoms with Gasteiger partial charge in [-0.1, -0.05) is 18.0 Å². The highest BCUT2D eigenvalue weighted by atomic mass is 79.9. The molecule has 2 rings (SSSR count). The number of rotatable bonds is 1. The Kier molecular flexibility index (Phi) is 2.33. The fourth-order valence-corrected chi connectivity index (χ4v) is 1.55. The molecule has 2 nitrogen and oxygen atoms in total. The Bertz CT molecular complexity index is 299. The molecule has 1 aliphatic rings.